The molecule has 2 aromatic rings. The van der Waals surface area contributed by atoms with Gasteiger partial charge in [0.25, 0.3) is 5.91 Å². The molecule has 2 N–H and O–H groups in total. The Kier molecular flexibility index (Phi) is 6.14. The van der Waals surface area contributed by atoms with Crippen LogP contribution < -0.4 is 10.6 Å². The molecule has 4 rings (SSSR count). The quantitative estimate of drug-likeness (QED) is 0.674. The number of alkyl halides is 3. The van der Waals surface area contributed by atoms with E-state index in [0.717, 1.165) is 17.7 Å². The largest absolute Gasteiger partial charge is 0.416 e. The van der Waals surface area contributed by atoms with Crippen molar-refractivity contribution in [2.24, 2.45) is 5.92 Å². The lowest BCUT2D eigenvalue weighted by Crippen LogP contribution is -2.58. The molecule has 0 aromatic heterocycles. The van der Waals surface area contributed by atoms with Crippen LogP contribution in [0.2, 0.25) is 0 Å². The van der Waals surface area contributed by atoms with Crippen LogP contribution in [0.1, 0.15) is 29.5 Å². The highest BCUT2D eigenvalue weighted by molar-refractivity contribution is 6.07. The average molecular weight is 459 g/mol. The van der Waals surface area contributed by atoms with Crippen molar-refractivity contribution in [2.75, 3.05) is 13.1 Å². The van der Waals surface area contributed by atoms with Crippen LogP contribution in [0, 0.1) is 5.92 Å². The van der Waals surface area contributed by atoms with Crippen molar-refractivity contribution < 1.29 is 27.6 Å². The number of amides is 4. The topological polar surface area (TPSA) is 78.5 Å². The summed E-state index contributed by atoms with van der Waals surface area (Å²) in [5, 5.41) is 5.18. The van der Waals surface area contributed by atoms with Crippen LogP contribution in [0.3, 0.4) is 0 Å². The Morgan fingerprint density at radius 2 is 1.67 bits per heavy atom. The van der Waals surface area contributed by atoms with Crippen LogP contribution in [0.15, 0.2) is 54.6 Å². The molecule has 2 saturated heterocycles. The molecule has 0 bridgehead atoms. The highest BCUT2D eigenvalue weighted by atomic mass is 19.4. The lowest BCUT2D eigenvalue weighted by atomic mass is 9.74. The number of carbonyl (C=O) groups excluding carboxylic acids is 3. The smallest absolute Gasteiger partial charge is 0.342 e. The first-order valence-corrected chi connectivity index (χ1v) is 10.8. The third kappa shape index (κ3) is 4.86. The minimum Gasteiger partial charge on any atom is -0.342 e. The van der Waals surface area contributed by atoms with Crippen molar-refractivity contribution in [1.82, 2.24) is 15.5 Å². The SMILES string of the molecule is O=C1NC(=O)[C@@](Cc2ccccc2)(C2CCN(C(=O)Cc3cccc(C(F)(F)F)c3)CC2)N1. The Balaban J connectivity index is 1.43. The Labute approximate surface area is 189 Å². The fraction of sp³-hybridized carbons (Fsp3) is 0.375. The van der Waals surface area contributed by atoms with E-state index in [-0.39, 0.29) is 24.2 Å². The van der Waals surface area contributed by atoms with Crippen molar-refractivity contribution >= 4 is 17.8 Å². The van der Waals surface area contributed by atoms with Gasteiger partial charge in [0.15, 0.2) is 0 Å². The first kappa shape index (κ1) is 22.8. The molecule has 2 aliphatic heterocycles. The second-order valence-electron chi connectivity index (χ2n) is 8.57. The lowest BCUT2D eigenvalue weighted by Gasteiger charge is -2.40. The predicted molar refractivity (Wildman–Crippen MR) is 114 cm³/mol. The molecule has 4 amide bonds. The molecule has 6 nitrogen and oxygen atoms in total. The van der Waals surface area contributed by atoms with Crippen LogP contribution in [-0.4, -0.2) is 41.4 Å². The van der Waals surface area contributed by atoms with Gasteiger partial charge in [0, 0.05) is 19.5 Å². The van der Waals surface area contributed by atoms with Gasteiger partial charge in [-0.2, -0.15) is 13.2 Å². The summed E-state index contributed by atoms with van der Waals surface area (Å²) in [6.45, 7) is 0.726. The number of carbonyl (C=O) groups is 3. The number of benzene rings is 2. The number of piperidine rings is 1. The fourth-order valence-corrected chi connectivity index (χ4v) is 4.75. The van der Waals surface area contributed by atoms with Crippen molar-refractivity contribution in [3.05, 3.63) is 71.3 Å². The molecule has 174 valence electrons. The zero-order valence-corrected chi connectivity index (χ0v) is 17.8. The molecular weight excluding hydrogens is 435 g/mol. The highest BCUT2D eigenvalue weighted by Crippen LogP contribution is 2.34. The number of imide groups is 1. The molecular formula is C24H24F3N3O3. The van der Waals surface area contributed by atoms with E-state index >= 15 is 0 Å². The summed E-state index contributed by atoms with van der Waals surface area (Å²) in [5.74, 6) is -0.809. The van der Waals surface area contributed by atoms with Crippen LogP contribution in [0.5, 0.6) is 0 Å². The van der Waals surface area contributed by atoms with E-state index in [2.05, 4.69) is 10.6 Å². The van der Waals surface area contributed by atoms with E-state index in [0.29, 0.717) is 37.9 Å². The predicted octanol–water partition coefficient (Wildman–Crippen LogP) is 3.31. The zero-order chi connectivity index (χ0) is 23.6. The Hall–Kier alpha value is -3.36. The van der Waals surface area contributed by atoms with E-state index in [1.807, 2.05) is 30.3 Å². The number of hydrogen-bond donors (Lipinski definition) is 2. The number of likely N-dealkylation sites (tertiary alicyclic amines) is 1. The summed E-state index contributed by atoms with van der Waals surface area (Å²) in [6.07, 6.45) is -3.25. The molecule has 0 radical (unpaired) electrons. The Morgan fingerprint density at radius 1 is 1.00 bits per heavy atom. The number of nitrogens with one attached hydrogen (secondary N) is 2. The first-order chi connectivity index (χ1) is 15.7. The molecule has 1 atom stereocenters. The molecule has 2 heterocycles. The molecule has 0 saturated carbocycles. The van der Waals surface area contributed by atoms with Crippen molar-refractivity contribution in [1.29, 1.82) is 0 Å². The molecule has 0 aliphatic carbocycles. The first-order valence-electron chi connectivity index (χ1n) is 10.8. The maximum atomic E-state index is 12.9. The summed E-state index contributed by atoms with van der Waals surface area (Å²) < 4.78 is 38.8. The zero-order valence-electron chi connectivity index (χ0n) is 17.8. The van der Waals surface area contributed by atoms with E-state index in [9.17, 15) is 27.6 Å². The van der Waals surface area contributed by atoms with Gasteiger partial charge in [-0.05, 0) is 36.0 Å². The summed E-state index contributed by atoms with van der Waals surface area (Å²) in [6, 6.07) is 13.7. The number of nitrogens with zero attached hydrogens (tertiary/aromatic N) is 1. The molecule has 0 unspecified atom stereocenters. The van der Waals surface area contributed by atoms with Gasteiger partial charge in [0.2, 0.25) is 5.91 Å². The average Bonchev–Trinajstić information content (AvgIpc) is 3.07. The van der Waals surface area contributed by atoms with Gasteiger partial charge in [-0.3, -0.25) is 14.9 Å². The summed E-state index contributed by atoms with van der Waals surface area (Å²) >= 11 is 0. The fourth-order valence-electron chi connectivity index (χ4n) is 4.75. The molecule has 2 aliphatic rings. The monoisotopic (exact) mass is 459 g/mol. The van der Waals surface area contributed by atoms with Gasteiger partial charge in [0.05, 0.1) is 12.0 Å². The highest BCUT2D eigenvalue weighted by Gasteiger charge is 2.52. The number of hydrogen-bond acceptors (Lipinski definition) is 3. The van der Waals surface area contributed by atoms with Crippen molar-refractivity contribution in [3.8, 4) is 0 Å². The molecule has 2 fully saturated rings. The molecule has 9 heteroatoms. The van der Waals surface area contributed by atoms with Crippen LogP contribution in [-0.2, 0) is 28.6 Å². The van der Waals surface area contributed by atoms with E-state index < -0.39 is 23.3 Å². The molecule has 33 heavy (non-hydrogen) atoms. The van der Waals surface area contributed by atoms with Crippen molar-refractivity contribution in [3.63, 3.8) is 0 Å². The summed E-state index contributed by atoms with van der Waals surface area (Å²) in [7, 11) is 0. The second kappa shape index (κ2) is 8.88. The maximum Gasteiger partial charge on any atom is 0.416 e. The van der Waals surface area contributed by atoms with Crippen LogP contribution in [0.25, 0.3) is 0 Å². The standard InChI is InChI=1S/C24H24F3N3O3/c25-24(26,27)19-8-4-7-17(13-19)14-20(31)30-11-9-18(10-12-30)23(21(32)28-22(33)29-23)15-16-5-2-1-3-6-16/h1-8,13,18H,9-12,14-15H2,(H2,28,29,32,33)/t23-/m1/s1. The van der Waals surface area contributed by atoms with E-state index in [1.165, 1.54) is 12.1 Å². The third-order valence-electron chi connectivity index (χ3n) is 6.45. The normalized spacial score (nSPS) is 21.6. The van der Waals surface area contributed by atoms with Gasteiger partial charge in [-0.25, -0.2) is 4.79 Å². The molecule has 2 aromatic carbocycles. The van der Waals surface area contributed by atoms with Gasteiger partial charge in [-0.1, -0.05) is 48.5 Å². The number of urea groups is 1. The third-order valence-corrected chi connectivity index (χ3v) is 6.45. The Morgan fingerprint density at radius 3 is 2.27 bits per heavy atom. The lowest BCUT2D eigenvalue weighted by molar-refractivity contribution is -0.138. The van der Waals surface area contributed by atoms with Crippen molar-refractivity contribution in [2.45, 2.75) is 37.4 Å². The number of halogens is 3. The van der Waals surface area contributed by atoms with E-state index in [1.54, 1.807) is 4.90 Å². The minimum absolute atomic E-state index is 0.124. The van der Waals surface area contributed by atoms with Gasteiger partial charge >= 0.3 is 12.2 Å². The van der Waals surface area contributed by atoms with Gasteiger partial charge < -0.3 is 10.2 Å². The summed E-state index contributed by atoms with van der Waals surface area (Å²) in [4.78, 5) is 39.2. The van der Waals surface area contributed by atoms with E-state index in [4.69, 9.17) is 0 Å². The van der Waals surface area contributed by atoms with Crippen LogP contribution >= 0.6 is 0 Å². The minimum atomic E-state index is -4.46. The summed E-state index contributed by atoms with van der Waals surface area (Å²) in [5.41, 5.74) is -0.649. The maximum absolute atomic E-state index is 12.9. The number of rotatable bonds is 5. The van der Waals surface area contributed by atoms with Gasteiger partial charge in [0.1, 0.15) is 5.54 Å². The second-order valence-corrected chi connectivity index (χ2v) is 8.57. The Bertz CT molecular complexity index is 1050. The van der Waals surface area contributed by atoms with Gasteiger partial charge in [-0.15, -0.1) is 0 Å². The van der Waals surface area contributed by atoms with Crippen LogP contribution in [0.4, 0.5) is 18.0 Å². The molecule has 0 spiro atoms.